The zero-order valence-electron chi connectivity index (χ0n) is 9.75. The van der Waals surface area contributed by atoms with Crippen molar-refractivity contribution >= 4 is 26.5 Å². The molecule has 0 aromatic carbocycles. The van der Waals surface area contributed by atoms with Gasteiger partial charge in [0.2, 0.25) is 5.91 Å². The molecule has 0 saturated carbocycles. The fraction of sp³-hybridized carbons (Fsp3) is 0.636. The summed E-state index contributed by atoms with van der Waals surface area (Å²) in [5, 5.41) is 11.1. The Kier molecular flexibility index (Phi) is 3.83. The number of ether oxygens (including phenoxy) is 1. The van der Waals surface area contributed by atoms with E-state index in [-0.39, 0.29) is 5.91 Å². The second kappa shape index (κ2) is 5.18. The lowest BCUT2D eigenvalue weighted by Gasteiger charge is -2.34. The first-order valence-corrected chi connectivity index (χ1v) is 6.43. The maximum absolute atomic E-state index is 11.3. The van der Waals surface area contributed by atoms with Gasteiger partial charge in [-0.25, -0.2) is 0 Å². The van der Waals surface area contributed by atoms with Gasteiger partial charge in [0.15, 0.2) is 0 Å². The number of hydrogen-bond acceptors (Lipinski definition) is 4. The van der Waals surface area contributed by atoms with Crippen molar-refractivity contribution < 1.29 is 9.53 Å². The Hall–Kier alpha value is -0.880. The molecule has 5 nitrogen and oxygen atoms in total. The monoisotopic (exact) mass is 301 g/mol. The van der Waals surface area contributed by atoms with E-state index in [0.717, 1.165) is 37.4 Å². The van der Waals surface area contributed by atoms with Gasteiger partial charge in [-0.2, -0.15) is 0 Å². The average Bonchev–Trinajstić information content (AvgIpc) is 2.23. The van der Waals surface area contributed by atoms with E-state index in [4.69, 9.17) is 10.1 Å². The van der Waals surface area contributed by atoms with Crippen molar-refractivity contribution in [3.63, 3.8) is 0 Å². The van der Waals surface area contributed by atoms with Crippen LogP contribution in [0.5, 0.6) is 0 Å². The summed E-state index contributed by atoms with van der Waals surface area (Å²) in [5.74, 6) is 0.0577. The van der Waals surface area contributed by atoms with Crippen molar-refractivity contribution in [3.8, 4) is 0 Å². The second-order valence-electron chi connectivity index (χ2n) is 4.34. The molecule has 2 aliphatic heterocycles. The molecule has 0 atom stereocenters. The minimum absolute atomic E-state index is 0.0577. The number of halogens is 1. The molecule has 0 unspecified atom stereocenters. The molecular formula is C11H16BrN3O2. The summed E-state index contributed by atoms with van der Waals surface area (Å²) in [4.78, 5) is 13.1. The van der Waals surface area contributed by atoms with Crippen molar-refractivity contribution in [1.82, 2.24) is 10.2 Å². The SMILES string of the molecule is CC(=O)N1CCC(NC2COC2)=C(C(=N)Br)C1. The maximum Gasteiger partial charge on any atom is 0.219 e. The first kappa shape index (κ1) is 12.6. The van der Waals surface area contributed by atoms with Gasteiger partial charge in [0, 0.05) is 37.7 Å². The van der Waals surface area contributed by atoms with Gasteiger partial charge >= 0.3 is 0 Å². The molecule has 0 spiro atoms. The number of nitrogens with zero attached hydrogens (tertiary/aromatic N) is 1. The molecule has 17 heavy (non-hydrogen) atoms. The van der Waals surface area contributed by atoms with E-state index in [9.17, 15) is 4.79 Å². The highest BCUT2D eigenvalue weighted by Crippen LogP contribution is 2.20. The lowest BCUT2D eigenvalue weighted by molar-refractivity contribution is -0.128. The Labute approximate surface area is 109 Å². The first-order chi connectivity index (χ1) is 8.08. The average molecular weight is 302 g/mol. The Morgan fingerprint density at radius 3 is 2.76 bits per heavy atom. The highest BCUT2D eigenvalue weighted by molar-refractivity contribution is 9.18. The lowest BCUT2D eigenvalue weighted by atomic mass is 10.1. The predicted molar refractivity (Wildman–Crippen MR) is 68.3 cm³/mol. The summed E-state index contributed by atoms with van der Waals surface area (Å²) < 4.78 is 5.47. The Balaban J connectivity index is 2.10. The largest absolute Gasteiger partial charge is 0.381 e. The van der Waals surface area contributed by atoms with E-state index in [1.54, 1.807) is 11.8 Å². The fourth-order valence-electron chi connectivity index (χ4n) is 1.96. The zero-order chi connectivity index (χ0) is 12.4. The van der Waals surface area contributed by atoms with E-state index < -0.39 is 0 Å². The van der Waals surface area contributed by atoms with Crippen molar-refractivity contribution in [2.45, 2.75) is 19.4 Å². The molecule has 94 valence electrons. The number of rotatable bonds is 3. The Morgan fingerprint density at radius 2 is 2.29 bits per heavy atom. The van der Waals surface area contributed by atoms with Crippen molar-refractivity contribution in [1.29, 1.82) is 5.41 Å². The van der Waals surface area contributed by atoms with E-state index in [2.05, 4.69) is 21.2 Å². The van der Waals surface area contributed by atoms with Gasteiger partial charge in [-0.05, 0) is 15.9 Å². The van der Waals surface area contributed by atoms with E-state index in [0.29, 0.717) is 17.2 Å². The van der Waals surface area contributed by atoms with E-state index >= 15 is 0 Å². The first-order valence-electron chi connectivity index (χ1n) is 5.64. The molecule has 0 bridgehead atoms. The molecule has 1 fully saturated rings. The van der Waals surface area contributed by atoms with Crippen LogP contribution in [0.3, 0.4) is 0 Å². The van der Waals surface area contributed by atoms with Crippen LogP contribution in [0.2, 0.25) is 0 Å². The highest BCUT2D eigenvalue weighted by Gasteiger charge is 2.26. The van der Waals surface area contributed by atoms with Gasteiger partial charge in [0.05, 0.1) is 19.3 Å². The summed E-state index contributed by atoms with van der Waals surface area (Å²) in [7, 11) is 0. The highest BCUT2D eigenvalue weighted by atomic mass is 79.9. The third-order valence-corrected chi connectivity index (χ3v) is 3.55. The van der Waals surface area contributed by atoms with Crippen molar-refractivity contribution in [3.05, 3.63) is 11.3 Å². The van der Waals surface area contributed by atoms with Crippen LogP contribution < -0.4 is 5.32 Å². The summed E-state index contributed by atoms with van der Waals surface area (Å²) in [5.41, 5.74) is 1.94. The number of carbonyl (C=O) groups excluding carboxylic acids is 1. The molecule has 0 aromatic rings. The molecule has 0 aliphatic carbocycles. The third kappa shape index (κ3) is 2.87. The predicted octanol–water partition coefficient (Wildman–Crippen LogP) is 0.853. The molecular weight excluding hydrogens is 286 g/mol. The minimum atomic E-state index is 0.0577. The topological polar surface area (TPSA) is 65.4 Å². The van der Waals surface area contributed by atoms with Crippen LogP contribution >= 0.6 is 15.9 Å². The van der Waals surface area contributed by atoms with Gasteiger partial charge in [-0.15, -0.1) is 0 Å². The van der Waals surface area contributed by atoms with Gasteiger partial charge in [-0.1, -0.05) is 0 Å². The normalized spacial score (nSPS) is 21.2. The molecule has 0 radical (unpaired) electrons. The van der Waals surface area contributed by atoms with Gasteiger partial charge < -0.3 is 15.0 Å². The molecule has 0 aromatic heterocycles. The van der Waals surface area contributed by atoms with Gasteiger partial charge in [-0.3, -0.25) is 10.2 Å². The Morgan fingerprint density at radius 1 is 1.59 bits per heavy atom. The molecule has 6 heteroatoms. The van der Waals surface area contributed by atoms with Crippen molar-refractivity contribution in [2.75, 3.05) is 26.3 Å². The fourth-order valence-corrected chi connectivity index (χ4v) is 2.32. The molecule has 2 rings (SSSR count). The maximum atomic E-state index is 11.3. The van der Waals surface area contributed by atoms with Gasteiger partial charge in [0.1, 0.15) is 4.62 Å². The zero-order valence-corrected chi connectivity index (χ0v) is 11.3. The van der Waals surface area contributed by atoms with E-state index in [1.807, 2.05) is 0 Å². The summed E-state index contributed by atoms with van der Waals surface area (Å²) in [6.45, 7) is 4.24. The second-order valence-corrected chi connectivity index (χ2v) is 5.13. The van der Waals surface area contributed by atoms with Crippen LogP contribution in [0.25, 0.3) is 0 Å². The van der Waals surface area contributed by atoms with Crippen LogP contribution in [-0.4, -0.2) is 47.8 Å². The molecule has 1 amide bonds. The Bertz CT molecular complexity index is 377. The lowest BCUT2D eigenvalue weighted by Crippen LogP contribution is -2.48. The number of amides is 1. The molecule has 2 aliphatic rings. The van der Waals surface area contributed by atoms with Crippen LogP contribution in [-0.2, 0) is 9.53 Å². The van der Waals surface area contributed by atoms with Gasteiger partial charge in [0.25, 0.3) is 0 Å². The molecule has 2 heterocycles. The van der Waals surface area contributed by atoms with Crippen LogP contribution in [0.1, 0.15) is 13.3 Å². The minimum Gasteiger partial charge on any atom is -0.381 e. The number of hydrogen-bond donors (Lipinski definition) is 2. The summed E-state index contributed by atoms with van der Waals surface area (Å²) >= 11 is 3.20. The third-order valence-electron chi connectivity index (χ3n) is 3.07. The smallest absolute Gasteiger partial charge is 0.219 e. The summed E-state index contributed by atoms with van der Waals surface area (Å²) in [6, 6.07) is 0.357. The number of carbonyl (C=O) groups is 1. The quantitative estimate of drug-likeness (QED) is 0.760. The molecule has 1 saturated heterocycles. The van der Waals surface area contributed by atoms with Crippen LogP contribution in [0.4, 0.5) is 0 Å². The summed E-state index contributed by atoms with van der Waals surface area (Å²) in [6.07, 6.45) is 0.777. The standard InChI is InChI=1S/C11H16BrN3O2/c1-7(16)15-3-2-10(9(4-15)11(12)13)14-8-5-17-6-8/h8,13-14H,2-6H2,1H3. The van der Waals surface area contributed by atoms with Crippen molar-refractivity contribution in [2.24, 2.45) is 0 Å². The number of nitrogens with one attached hydrogen (secondary N) is 2. The molecule has 2 N–H and O–H groups in total. The van der Waals surface area contributed by atoms with E-state index in [1.165, 1.54) is 0 Å². The van der Waals surface area contributed by atoms with Crippen LogP contribution in [0, 0.1) is 5.41 Å². The van der Waals surface area contributed by atoms with Crippen LogP contribution in [0.15, 0.2) is 11.3 Å².